The van der Waals surface area contributed by atoms with Gasteiger partial charge < -0.3 is 16.0 Å². The van der Waals surface area contributed by atoms with Gasteiger partial charge in [-0.25, -0.2) is 4.79 Å². The van der Waals surface area contributed by atoms with Gasteiger partial charge in [0.25, 0.3) is 0 Å². The van der Waals surface area contributed by atoms with Gasteiger partial charge in [-0.05, 0) is 37.1 Å². The Hall–Kier alpha value is -2.82. The zero-order valence-corrected chi connectivity index (χ0v) is 15.1. The molecule has 1 atom stereocenters. The number of carbonyl (C=O) groups excluding carboxylic acids is 2. The molecule has 25 heavy (non-hydrogen) atoms. The van der Waals surface area contributed by atoms with E-state index in [0.29, 0.717) is 11.4 Å². The number of nitrogens with one attached hydrogen (secondary N) is 3. The molecule has 2 aromatic rings. The molecule has 2 rings (SSSR count). The summed E-state index contributed by atoms with van der Waals surface area (Å²) in [5, 5.41) is 8.60. The largest absolute Gasteiger partial charge is 0.331 e. The van der Waals surface area contributed by atoms with Gasteiger partial charge in [-0.15, -0.1) is 0 Å². The number of amides is 3. The Labute approximate surface area is 148 Å². The highest BCUT2D eigenvalue weighted by Gasteiger charge is 2.12. The number of anilines is 2. The fraction of sp³-hybridized carbons (Fsp3) is 0.300. The molecule has 1 unspecified atom stereocenters. The Morgan fingerprint density at radius 1 is 0.920 bits per heavy atom. The summed E-state index contributed by atoms with van der Waals surface area (Å²) in [5.74, 6) is -0.162. The van der Waals surface area contributed by atoms with Crippen molar-refractivity contribution < 1.29 is 9.59 Å². The van der Waals surface area contributed by atoms with Crippen LogP contribution in [0.25, 0.3) is 0 Å². The van der Waals surface area contributed by atoms with Crippen molar-refractivity contribution in [1.82, 2.24) is 5.32 Å². The molecule has 0 heterocycles. The molecular formula is C20H25N3O2. The zero-order valence-electron chi connectivity index (χ0n) is 15.1. The fourth-order valence-corrected chi connectivity index (χ4v) is 2.30. The summed E-state index contributed by atoms with van der Waals surface area (Å²) in [7, 11) is 0. The van der Waals surface area contributed by atoms with Crippen LogP contribution in [0.15, 0.2) is 48.5 Å². The molecule has 0 saturated carbocycles. The minimum absolute atomic E-state index is 0.0584. The Balaban J connectivity index is 2.03. The molecular weight excluding hydrogens is 314 g/mol. The predicted octanol–water partition coefficient (Wildman–Crippen LogP) is 4.47. The van der Waals surface area contributed by atoms with E-state index in [1.54, 1.807) is 6.07 Å². The Bertz CT molecular complexity index is 742. The maximum Gasteiger partial charge on any atom is 0.319 e. The summed E-state index contributed by atoms with van der Waals surface area (Å²) in [6.45, 7) is 7.51. The van der Waals surface area contributed by atoms with Crippen molar-refractivity contribution in [3.05, 3.63) is 59.7 Å². The molecule has 3 amide bonds. The van der Waals surface area contributed by atoms with E-state index in [1.807, 2.05) is 70.2 Å². The summed E-state index contributed by atoms with van der Waals surface area (Å²) in [6.07, 6.45) is 0. The van der Waals surface area contributed by atoms with Crippen LogP contribution in [-0.4, -0.2) is 11.9 Å². The van der Waals surface area contributed by atoms with E-state index in [9.17, 15) is 9.59 Å². The van der Waals surface area contributed by atoms with Gasteiger partial charge >= 0.3 is 6.03 Å². The van der Waals surface area contributed by atoms with Crippen molar-refractivity contribution in [3.63, 3.8) is 0 Å². The molecule has 0 fully saturated rings. The minimum Gasteiger partial charge on any atom is -0.331 e. The van der Waals surface area contributed by atoms with E-state index < -0.39 is 0 Å². The molecule has 0 aliphatic heterocycles. The third-order valence-corrected chi connectivity index (χ3v) is 3.92. The number of rotatable bonds is 5. The first kappa shape index (κ1) is 18.5. The van der Waals surface area contributed by atoms with E-state index in [-0.39, 0.29) is 23.9 Å². The average Bonchev–Trinajstić information content (AvgIpc) is 2.58. The van der Waals surface area contributed by atoms with Crippen LogP contribution in [0.3, 0.4) is 0 Å². The number of carbonyl (C=O) groups is 2. The number of hydrogen-bond acceptors (Lipinski definition) is 2. The quantitative estimate of drug-likeness (QED) is 0.752. The highest BCUT2D eigenvalue weighted by molar-refractivity contribution is 5.94. The molecule has 0 aromatic heterocycles. The van der Waals surface area contributed by atoms with Crippen LogP contribution in [0.5, 0.6) is 0 Å². The average molecular weight is 339 g/mol. The summed E-state index contributed by atoms with van der Waals surface area (Å²) in [6, 6.07) is 14.8. The van der Waals surface area contributed by atoms with E-state index in [0.717, 1.165) is 11.1 Å². The summed E-state index contributed by atoms with van der Waals surface area (Å²) >= 11 is 0. The second kappa shape index (κ2) is 8.33. The van der Waals surface area contributed by atoms with Crippen molar-refractivity contribution in [1.29, 1.82) is 0 Å². The second-order valence-corrected chi connectivity index (χ2v) is 6.40. The highest BCUT2D eigenvalue weighted by Crippen LogP contribution is 2.21. The molecule has 0 aliphatic carbocycles. The van der Waals surface area contributed by atoms with E-state index in [2.05, 4.69) is 16.0 Å². The lowest BCUT2D eigenvalue weighted by Gasteiger charge is -2.17. The SMILES string of the molecule is Cc1ccc(NC(=O)C(C)C)cc1NC(=O)NC(C)c1ccccc1. The molecule has 5 nitrogen and oxygen atoms in total. The number of urea groups is 1. The van der Waals surface area contributed by atoms with E-state index in [4.69, 9.17) is 0 Å². The van der Waals surface area contributed by atoms with Crippen LogP contribution in [-0.2, 0) is 4.79 Å². The molecule has 132 valence electrons. The van der Waals surface area contributed by atoms with Crippen molar-refractivity contribution in [2.24, 2.45) is 5.92 Å². The number of hydrogen-bond donors (Lipinski definition) is 3. The third-order valence-electron chi connectivity index (χ3n) is 3.92. The first-order chi connectivity index (χ1) is 11.9. The van der Waals surface area contributed by atoms with Gasteiger partial charge in [-0.1, -0.05) is 50.2 Å². The van der Waals surface area contributed by atoms with Gasteiger partial charge in [0, 0.05) is 17.3 Å². The van der Waals surface area contributed by atoms with Crippen LogP contribution in [0, 0.1) is 12.8 Å². The maximum absolute atomic E-state index is 12.3. The third kappa shape index (κ3) is 5.35. The van der Waals surface area contributed by atoms with Gasteiger partial charge in [0.1, 0.15) is 0 Å². The zero-order chi connectivity index (χ0) is 18.4. The molecule has 2 aromatic carbocycles. The molecule has 5 heteroatoms. The fourth-order valence-electron chi connectivity index (χ4n) is 2.30. The van der Waals surface area contributed by atoms with Crippen LogP contribution >= 0.6 is 0 Å². The van der Waals surface area contributed by atoms with Crippen LogP contribution in [0.1, 0.15) is 37.9 Å². The summed E-state index contributed by atoms with van der Waals surface area (Å²) < 4.78 is 0. The standard InChI is InChI=1S/C20H25N3O2/c1-13(2)19(24)22-17-11-10-14(3)18(12-17)23-20(25)21-15(4)16-8-6-5-7-9-16/h5-13,15H,1-4H3,(H,22,24)(H2,21,23,25). The van der Waals surface area contributed by atoms with Crippen LogP contribution < -0.4 is 16.0 Å². The van der Waals surface area contributed by atoms with E-state index in [1.165, 1.54) is 0 Å². The van der Waals surface area contributed by atoms with Gasteiger partial charge in [0.05, 0.1) is 6.04 Å². The Kier molecular flexibility index (Phi) is 6.17. The molecule has 0 radical (unpaired) electrons. The van der Waals surface area contributed by atoms with E-state index >= 15 is 0 Å². The van der Waals surface area contributed by atoms with Crippen molar-refractivity contribution in [2.45, 2.75) is 33.7 Å². The maximum atomic E-state index is 12.3. The highest BCUT2D eigenvalue weighted by atomic mass is 16.2. The van der Waals surface area contributed by atoms with Crippen molar-refractivity contribution >= 4 is 23.3 Å². The lowest BCUT2D eigenvalue weighted by atomic mass is 10.1. The lowest BCUT2D eigenvalue weighted by molar-refractivity contribution is -0.118. The van der Waals surface area contributed by atoms with Gasteiger partial charge in [0.15, 0.2) is 0 Å². The smallest absolute Gasteiger partial charge is 0.319 e. The number of aryl methyl sites for hydroxylation is 1. The molecule has 0 aliphatic rings. The molecule has 3 N–H and O–H groups in total. The lowest BCUT2D eigenvalue weighted by Crippen LogP contribution is -2.31. The predicted molar refractivity (Wildman–Crippen MR) is 102 cm³/mol. The molecule has 0 spiro atoms. The Morgan fingerprint density at radius 2 is 1.60 bits per heavy atom. The Morgan fingerprint density at radius 3 is 2.24 bits per heavy atom. The first-order valence-corrected chi connectivity index (χ1v) is 8.41. The molecule has 0 bridgehead atoms. The minimum atomic E-state index is -0.285. The summed E-state index contributed by atoms with van der Waals surface area (Å²) in [5.41, 5.74) is 3.28. The first-order valence-electron chi connectivity index (χ1n) is 8.41. The van der Waals surface area contributed by atoms with Crippen molar-refractivity contribution in [3.8, 4) is 0 Å². The van der Waals surface area contributed by atoms with Crippen LogP contribution in [0.4, 0.5) is 16.2 Å². The van der Waals surface area contributed by atoms with Gasteiger partial charge in [0.2, 0.25) is 5.91 Å². The summed E-state index contributed by atoms with van der Waals surface area (Å²) in [4.78, 5) is 24.1. The molecule has 0 saturated heterocycles. The van der Waals surface area contributed by atoms with Crippen LogP contribution in [0.2, 0.25) is 0 Å². The number of benzene rings is 2. The topological polar surface area (TPSA) is 70.2 Å². The monoisotopic (exact) mass is 339 g/mol. The normalized spacial score (nSPS) is 11.7. The van der Waals surface area contributed by atoms with Gasteiger partial charge in [-0.2, -0.15) is 0 Å². The second-order valence-electron chi connectivity index (χ2n) is 6.40. The van der Waals surface area contributed by atoms with Gasteiger partial charge in [-0.3, -0.25) is 4.79 Å². The van der Waals surface area contributed by atoms with Crippen molar-refractivity contribution in [2.75, 3.05) is 10.6 Å².